The third-order valence-corrected chi connectivity index (χ3v) is 4.20. The lowest BCUT2D eigenvalue weighted by Gasteiger charge is -2.06. The summed E-state index contributed by atoms with van der Waals surface area (Å²) in [5, 5.41) is 15.8. The van der Waals surface area contributed by atoms with Gasteiger partial charge in [-0.05, 0) is 37.3 Å². The van der Waals surface area contributed by atoms with Crippen LogP contribution in [0.5, 0.6) is 0 Å². The Morgan fingerprint density at radius 3 is 2.63 bits per heavy atom. The second kappa shape index (κ2) is 6.91. The summed E-state index contributed by atoms with van der Waals surface area (Å²) < 4.78 is 5.20. The standard InChI is InChI=1S/C19H19N7O/c1-3-25-12-14(11-21-25)18-17(13-24(2)23-18)19(27)22-15-5-7-16(8-6-15)26-10-4-9-20-26/h4-13H,3H2,1-2H3,(H,22,27). The molecule has 0 aliphatic heterocycles. The number of hydrogen-bond acceptors (Lipinski definition) is 4. The molecule has 8 heteroatoms. The van der Waals surface area contributed by atoms with E-state index >= 15 is 0 Å². The zero-order chi connectivity index (χ0) is 18.8. The van der Waals surface area contributed by atoms with Crippen LogP contribution in [0, 0.1) is 0 Å². The minimum atomic E-state index is -0.214. The van der Waals surface area contributed by atoms with E-state index in [2.05, 4.69) is 20.6 Å². The molecule has 0 aliphatic carbocycles. The first-order valence-electron chi connectivity index (χ1n) is 8.62. The number of carbonyl (C=O) groups excluding carboxylic acids is 1. The smallest absolute Gasteiger partial charge is 0.259 e. The van der Waals surface area contributed by atoms with E-state index in [4.69, 9.17) is 0 Å². The quantitative estimate of drug-likeness (QED) is 0.592. The van der Waals surface area contributed by atoms with Crippen LogP contribution in [0.2, 0.25) is 0 Å². The van der Waals surface area contributed by atoms with Crippen LogP contribution >= 0.6 is 0 Å². The number of benzene rings is 1. The summed E-state index contributed by atoms with van der Waals surface area (Å²) in [6.45, 7) is 2.77. The number of rotatable bonds is 5. The highest BCUT2D eigenvalue weighted by atomic mass is 16.1. The van der Waals surface area contributed by atoms with Gasteiger partial charge in [-0.25, -0.2) is 4.68 Å². The van der Waals surface area contributed by atoms with Crippen molar-refractivity contribution in [3.8, 4) is 16.9 Å². The van der Waals surface area contributed by atoms with Crippen LogP contribution in [0.25, 0.3) is 16.9 Å². The Bertz CT molecular complexity index is 1060. The number of amides is 1. The van der Waals surface area contributed by atoms with Gasteiger partial charge in [0.25, 0.3) is 5.91 Å². The zero-order valence-corrected chi connectivity index (χ0v) is 15.1. The highest BCUT2D eigenvalue weighted by molar-refractivity contribution is 6.08. The second-order valence-electron chi connectivity index (χ2n) is 6.10. The van der Waals surface area contributed by atoms with Crippen molar-refractivity contribution >= 4 is 11.6 Å². The van der Waals surface area contributed by atoms with Crippen molar-refractivity contribution in [1.29, 1.82) is 0 Å². The molecule has 0 unspecified atom stereocenters. The molecule has 0 bridgehead atoms. The molecule has 136 valence electrons. The van der Waals surface area contributed by atoms with E-state index in [1.54, 1.807) is 39.7 Å². The highest BCUT2D eigenvalue weighted by Crippen LogP contribution is 2.23. The van der Waals surface area contributed by atoms with Crippen LogP contribution in [0.4, 0.5) is 5.69 Å². The molecule has 0 radical (unpaired) electrons. The summed E-state index contributed by atoms with van der Waals surface area (Å²) >= 11 is 0. The average molecular weight is 361 g/mol. The minimum Gasteiger partial charge on any atom is -0.322 e. The fourth-order valence-electron chi connectivity index (χ4n) is 2.84. The first-order chi connectivity index (χ1) is 13.1. The number of aryl methyl sites for hydroxylation is 2. The Balaban J connectivity index is 1.56. The fourth-order valence-corrected chi connectivity index (χ4v) is 2.84. The molecule has 4 rings (SSSR count). The lowest BCUT2D eigenvalue weighted by atomic mass is 10.1. The number of carbonyl (C=O) groups is 1. The van der Waals surface area contributed by atoms with Crippen molar-refractivity contribution in [2.45, 2.75) is 13.5 Å². The Labute approximate surface area is 156 Å². The van der Waals surface area contributed by atoms with Crippen LogP contribution in [-0.2, 0) is 13.6 Å². The lowest BCUT2D eigenvalue weighted by Crippen LogP contribution is -2.12. The van der Waals surface area contributed by atoms with Gasteiger partial charge in [0.2, 0.25) is 0 Å². The Hall–Kier alpha value is -3.68. The predicted octanol–water partition coefficient (Wildman–Crippen LogP) is 2.74. The van der Waals surface area contributed by atoms with Crippen LogP contribution in [0.15, 0.2) is 61.3 Å². The maximum atomic E-state index is 12.8. The molecule has 3 heterocycles. The van der Waals surface area contributed by atoms with Crippen molar-refractivity contribution in [3.63, 3.8) is 0 Å². The Morgan fingerprint density at radius 1 is 1.15 bits per heavy atom. The third-order valence-electron chi connectivity index (χ3n) is 4.20. The minimum absolute atomic E-state index is 0.214. The van der Waals surface area contributed by atoms with Gasteiger partial charge in [0.05, 0.1) is 17.4 Å². The topological polar surface area (TPSA) is 82.6 Å². The molecule has 0 aliphatic rings. The largest absolute Gasteiger partial charge is 0.322 e. The van der Waals surface area contributed by atoms with E-state index in [-0.39, 0.29) is 5.91 Å². The monoisotopic (exact) mass is 361 g/mol. The molecule has 0 saturated heterocycles. The van der Waals surface area contributed by atoms with E-state index in [1.807, 2.05) is 49.6 Å². The number of aromatic nitrogens is 6. The predicted molar refractivity (Wildman–Crippen MR) is 102 cm³/mol. The lowest BCUT2D eigenvalue weighted by molar-refractivity contribution is 0.102. The van der Waals surface area contributed by atoms with Gasteiger partial charge in [0.15, 0.2) is 0 Å². The number of hydrogen-bond donors (Lipinski definition) is 1. The van der Waals surface area contributed by atoms with Crippen molar-refractivity contribution in [2.75, 3.05) is 5.32 Å². The van der Waals surface area contributed by atoms with E-state index in [0.29, 0.717) is 16.9 Å². The SMILES string of the molecule is CCn1cc(-c2nn(C)cc2C(=O)Nc2ccc(-n3cccn3)cc2)cn1. The number of nitrogens with one attached hydrogen (secondary N) is 1. The van der Waals surface area contributed by atoms with Gasteiger partial charge in [-0.1, -0.05) is 0 Å². The van der Waals surface area contributed by atoms with Crippen molar-refractivity contribution in [1.82, 2.24) is 29.3 Å². The summed E-state index contributed by atoms with van der Waals surface area (Å²) in [5.41, 5.74) is 3.56. The molecule has 0 atom stereocenters. The van der Waals surface area contributed by atoms with Crippen LogP contribution < -0.4 is 5.32 Å². The van der Waals surface area contributed by atoms with E-state index in [1.165, 1.54) is 0 Å². The molecule has 1 aromatic carbocycles. The van der Waals surface area contributed by atoms with Crippen LogP contribution in [0.3, 0.4) is 0 Å². The van der Waals surface area contributed by atoms with Crippen molar-refractivity contribution in [3.05, 3.63) is 66.9 Å². The van der Waals surface area contributed by atoms with Gasteiger partial charge in [-0.15, -0.1) is 0 Å². The van der Waals surface area contributed by atoms with Gasteiger partial charge in [0, 0.05) is 49.6 Å². The molecule has 1 amide bonds. The summed E-state index contributed by atoms with van der Waals surface area (Å²) in [4.78, 5) is 12.8. The Morgan fingerprint density at radius 2 is 1.96 bits per heavy atom. The molecule has 3 aromatic heterocycles. The number of nitrogens with zero attached hydrogens (tertiary/aromatic N) is 6. The summed E-state index contributed by atoms with van der Waals surface area (Å²) in [6.07, 6.45) is 8.91. The summed E-state index contributed by atoms with van der Waals surface area (Å²) in [6, 6.07) is 9.36. The number of anilines is 1. The van der Waals surface area contributed by atoms with Crippen LogP contribution in [-0.4, -0.2) is 35.2 Å². The molecule has 0 saturated carbocycles. The third kappa shape index (κ3) is 3.37. The average Bonchev–Trinajstić information content (AvgIpc) is 3.42. The van der Waals surface area contributed by atoms with Crippen molar-refractivity contribution < 1.29 is 4.79 Å². The van der Waals surface area contributed by atoms with Gasteiger partial charge in [0.1, 0.15) is 5.69 Å². The Kier molecular flexibility index (Phi) is 4.29. The maximum Gasteiger partial charge on any atom is 0.259 e. The molecular formula is C19H19N7O. The highest BCUT2D eigenvalue weighted by Gasteiger charge is 2.18. The van der Waals surface area contributed by atoms with Gasteiger partial charge in [-0.2, -0.15) is 15.3 Å². The molecule has 27 heavy (non-hydrogen) atoms. The normalized spacial score (nSPS) is 10.9. The van der Waals surface area contributed by atoms with Gasteiger partial charge >= 0.3 is 0 Å². The van der Waals surface area contributed by atoms with E-state index in [9.17, 15) is 4.79 Å². The summed E-state index contributed by atoms with van der Waals surface area (Å²) in [7, 11) is 1.80. The first-order valence-corrected chi connectivity index (χ1v) is 8.62. The molecule has 4 aromatic rings. The zero-order valence-electron chi connectivity index (χ0n) is 15.1. The fraction of sp³-hybridized carbons (Fsp3) is 0.158. The first kappa shape index (κ1) is 16.8. The van der Waals surface area contributed by atoms with E-state index < -0.39 is 0 Å². The molecule has 1 N–H and O–H groups in total. The maximum absolute atomic E-state index is 12.8. The van der Waals surface area contributed by atoms with E-state index in [0.717, 1.165) is 17.8 Å². The summed E-state index contributed by atoms with van der Waals surface area (Å²) in [5.74, 6) is -0.214. The second-order valence-corrected chi connectivity index (χ2v) is 6.10. The van der Waals surface area contributed by atoms with Crippen LogP contribution in [0.1, 0.15) is 17.3 Å². The molecular weight excluding hydrogens is 342 g/mol. The molecule has 8 nitrogen and oxygen atoms in total. The van der Waals surface area contributed by atoms with Gasteiger partial charge < -0.3 is 5.32 Å². The molecule has 0 fully saturated rings. The molecule has 0 spiro atoms. The van der Waals surface area contributed by atoms with Crippen molar-refractivity contribution in [2.24, 2.45) is 7.05 Å². The van der Waals surface area contributed by atoms with Gasteiger partial charge in [-0.3, -0.25) is 14.2 Å².